The van der Waals surface area contributed by atoms with Gasteiger partial charge in [-0.15, -0.1) is 0 Å². The number of rotatable bonds is 8. The van der Waals surface area contributed by atoms with Crippen LogP contribution in [0.1, 0.15) is 38.5 Å². The van der Waals surface area contributed by atoms with Crippen LogP contribution in [0.2, 0.25) is 5.02 Å². The number of hydrogen-bond acceptors (Lipinski definition) is 7. The highest BCUT2D eigenvalue weighted by Crippen LogP contribution is 2.31. The molecule has 2 fully saturated rings. The van der Waals surface area contributed by atoms with E-state index in [1.54, 1.807) is 36.5 Å². The summed E-state index contributed by atoms with van der Waals surface area (Å²) in [5.74, 6) is 0.529. The Morgan fingerprint density at radius 2 is 1.86 bits per heavy atom. The van der Waals surface area contributed by atoms with Crippen LogP contribution in [0.15, 0.2) is 54.7 Å². The molecule has 4 heterocycles. The van der Waals surface area contributed by atoms with Crippen LogP contribution in [0.3, 0.4) is 0 Å². The molecule has 1 unspecified atom stereocenters. The van der Waals surface area contributed by atoms with Gasteiger partial charge in [-0.1, -0.05) is 17.7 Å². The lowest BCUT2D eigenvalue weighted by molar-refractivity contribution is -0.0592. The summed E-state index contributed by atoms with van der Waals surface area (Å²) in [5, 5.41) is 10.1. The van der Waals surface area contributed by atoms with Crippen molar-refractivity contribution in [1.29, 1.82) is 0 Å². The van der Waals surface area contributed by atoms with E-state index in [9.17, 15) is 14.7 Å². The van der Waals surface area contributed by atoms with Gasteiger partial charge in [0.1, 0.15) is 11.6 Å². The Morgan fingerprint density at radius 3 is 2.55 bits per heavy atom. The van der Waals surface area contributed by atoms with Crippen molar-refractivity contribution in [3.63, 3.8) is 0 Å². The van der Waals surface area contributed by atoms with Crippen LogP contribution in [0.25, 0.3) is 11.0 Å². The van der Waals surface area contributed by atoms with E-state index in [0.717, 1.165) is 41.1 Å². The van der Waals surface area contributed by atoms with E-state index in [2.05, 4.69) is 14.5 Å². The average Bonchev–Trinajstić information content (AvgIpc) is 3.30. The summed E-state index contributed by atoms with van der Waals surface area (Å²) in [6, 6.07) is 14.5. The Hall–Kier alpha value is -3.99. The lowest BCUT2D eigenvalue weighted by Crippen LogP contribution is -2.48. The van der Waals surface area contributed by atoms with Crippen LogP contribution < -0.4 is 4.90 Å². The number of carboxylic acid groups (broad SMARTS) is 1. The molecule has 0 radical (unpaired) electrons. The number of aromatic nitrogens is 3. The van der Waals surface area contributed by atoms with Crippen molar-refractivity contribution in [3.8, 4) is 0 Å². The lowest BCUT2D eigenvalue weighted by Gasteiger charge is -2.35. The number of aryl methyl sites for hydroxylation is 1. The Morgan fingerprint density at radius 1 is 1.07 bits per heavy atom. The monoisotopic (exact) mass is 588 g/mol. The molecule has 2 aromatic heterocycles. The molecular weight excluding hydrogens is 556 g/mol. The number of aromatic carboxylic acids is 1. The number of ether oxygens (including phenoxy) is 1. The van der Waals surface area contributed by atoms with Crippen LogP contribution in [0.5, 0.6) is 0 Å². The molecule has 2 aliphatic rings. The first kappa shape index (κ1) is 28.1. The van der Waals surface area contributed by atoms with Crippen molar-refractivity contribution in [1.82, 2.24) is 24.3 Å². The summed E-state index contributed by atoms with van der Waals surface area (Å²) < 4.78 is 7.78. The third-order valence-electron chi connectivity index (χ3n) is 8.08. The maximum atomic E-state index is 13.5. The molecule has 0 saturated carbocycles. The van der Waals surface area contributed by atoms with Gasteiger partial charge in [0.05, 0.1) is 46.5 Å². The van der Waals surface area contributed by atoms with Gasteiger partial charge in [0.2, 0.25) is 0 Å². The van der Waals surface area contributed by atoms with E-state index >= 15 is 0 Å². The minimum absolute atomic E-state index is 0.0303. The fourth-order valence-corrected chi connectivity index (χ4v) is 5.86. The maximum Gasteiger partial charge on any atom is 0.335 e. The van der Waals surface area contributed by atoms with Gasteiger partial charge >= 0.3 is 5.97 Å². The minimum Gasteiger partial charge on any atom is -0.478 e. The van der Waals surface area contributed by atoms with Crippen molar-refractivity contribution in [2.24, 2.45) is 0 Å². The van der Waals surface area contributed by atoms with Gasteiger partial charge in [0, 0.05) is 51.6 Å². The minimum atomic E-state index is -0.959. The summed E-state index contributed by atoms with van der Waals surface area (Å²) in [6.07, 6.45) is 2.74. The number of fused-ring (bicyclic) bond motifs is 1. The lowest BCUT2D eigenvalue weighted by atomic mass is 10.1. The van der Waals surface area contributed by atoms with E-state index in [4.69, 9.17) is 21.3 Å². The number of amides is 1. The van der Waals surface area contributed by atoms with E-state index in [1.807, 2.05) is 42.0 Å². The van der Waals surface area contributed by atoms with Crippen molar-refractivity contribution in [3.05, 3.63) is 82.3 Å². The molecule has 4 aromatic rings. The summed E-state index contributed by atoms with van der Waals surface area (Å²) in [5.41, 5.74) is 4.30. The Bertz CT molecular complexity index is 1640. The molecule has 1 atom stereocenters. The molecule has 11 heteroatoms. The molecular formula is C31H33ClN6O4. The van der Waals surface area contributed by atoms with Gasteiger partial charge in [0.25, 0.3) is 5.91 Å². The number of anilines is 2. The zero-order valence-corrected chi connectivity index (χ0v) is 24.4. The molecule has 6 rings (SSSR count). The highest BCUT2D eigenvalue weighted by molar-refractivity contribution is 6.33. The SMILES string of the molecule is Cc1ccc(N(C)c2cc(C(=O)N3CCN(Cc4nc5ccc(C(=O)O)cc5n4CC4CCO4)CC3)ccn2)c(Cl)c1. The second kappa shape index (κ2) is 11.7. The molecule has 2 aliphatic heterocycles. The Kier molecular flexibility index (Phi) is 7.85. The number of hydrogen-bond donors (Lipinski definition) is 1. The predicted octanol–water partition coefficient (Wildman–Crippen LogP) is 4.61. The van der Waals surface area contributed by atoms with E-state index in [-0.39, 0.29) is 17.6 Å². The number of imidazole rings is 1. The molecule has 0 aliphatic carbocycles. The molecule has 1 amide bonds. The predicted molar refractivity (Wildman–Crippen MR) is 161 cm³/mol. The largest absolute Gasteiger partial charge is 0.478 e. The third kappa shape index (κ3) is 5.70. The summed E-state index contributed by atoms with van der Waals surface area (Å²) >= 11 is 6.47. The molecule has 0 bridgehead atoms. The average molecular weight is 589 g/mol. The second-order valence-electron chi connectivity index (χ2n) is 10.9. The van der Waals surface area contributed by atoms with Gasteiger partial charge in [0.15, 0.2) is 0 Å². The molecule has 0 spiro atoms. The van der Waals surface area contributed by atoms with Crippen molar-refractivity contribution in [2.75, 3.05) is 44.7 Å². The van der Waals surface area contributed by atoms with Crippen LogP contribution >= 0.6 is 11.6 Å². The third-order valence-corrected chi connectivity index (χ3v) is 8.38. The number of nitrogens with zero attached hydrogens (tertiary/aromatic N) is 6. The van der Waals surface area contributed by atoms with Crippen LogP contribution in [0.4, 0.5) is 11.5 Å². The van der Waals surface area contributed by atoms with E-state index < -0.39 is 5.97 Å². The highest BCUT2D eigenvalue weighted by Gasteiger charge is 2.26. The molecule has 2 aromatic carbocycles. The maximum absolute atomic E-state index is 13.5. The van der Waals surface area contributed by atoms with E-state index in [0.29, 0.717) is 55.7 Å². The topological polar surface area (TPSA) is 104 Å². The Balaban J connectivity index is 1.13. The van der Waals surface area contributed by atoms with Gasteiger partial charge in [-0.25, -0.2) is 14.8 Å². The number of carbonyl (C=O) groups is 2. The standard InChI is InChI=1S/C31H33ClN6O4/c1-20-3-6-26(24(32)15-20)35(2)28-17-21(7-9-33-28)30(39)37-12-10-36(11-13-37)19-29-34-25-5-4-22(31(40)41)16-27(25)38(29)18-23-8-14-42-23/h3-7,9,15-17,23H,8,10-14,18-19H2,1-2H3,(H,40,41). The van der Waals surface area contributed by atoms with E-state index in [1.165, 1.54) is 0 Å². The zero-order chi connectivity index (χ0) is 29.4. The summed E-state index contributed by atoms with van der Waals surface area (Å²) in [4.78, 5) is 40.4. The molecule has 10 nitrogen and oxygen atoms in total. The van der Waals surface area contributed by atoms with Gasteiger partial charge in [-0.3, -0.25) is 9.69 Å². The molecule has 2 saturated heterocycles. The number of carboxylic acids is 1. The molecule has 42 heavy (non-hydrogen) atoms. The number of piperazine rings is 1. The van der Waals surface area contributed by atoms with Crippen molar-refractivity contribution in [2.45, 2.75) is 32.5 Å². The van der Waals surface area contributed by atoms with Gasteiger partial charge < -0.3 is 24.2 Å². The Labute approximate surface area is 249 Å². The van der Waals surface area contributed by atoms with Crippen LogP contribution in [0, 0.1) is 6.92 Å². The molecule has 218 valence electrons. The van der Waals surface area contributed by atoms with Gasteiger partial charge in [-0.2, -0.15) is 0 Å². The highest BCUT2D eigenvalue weighted by atomic mass is 35.5. The normalized spacial score (nSPS) is 17.3. The number of halogens is 1. The fourth-order valence-electron chi connectivity index (χ4n) is 5.50. The quantitative estimate of drug-likeness (QED) is 0.318. The van der Waals surface area contributed by atoms with Crippen LogP contribution in [-0.2, 0) is 17.8 Å². The van der Waals surface area contributed by atoms with Crippen molar-refractivity contribution >= 4 is 46.0 Å². The number of carbonyl (C=O) groups excluding carboxylic acids is 1. The smallest absolute Gasteiger partial charge is 0.335 e. The first-order chi connectivity index (χ1) is 20.3. The van der Waals surface area contributed by atoms with Crippen LogP contribution in [-0.4, -0.2) is 87.3 Å². The first-order valence-electron chi connectivity index (χ1n) is 14.1. The first-order valence-corrected chi connectivity index (χ1v) is 14.5. The van der Waals surface area contributed by atoms with Crippen molar-refractivity contribution < 1.29 is 19.4 Å². The van der Waals surface area contributed by atoms with Gasteiger partial charge in [-0.05, 0) is 61.4 Å². The number of pyridine rings is 1. The summed E-state index contributed by atoms with van der Waals surface area (Å²) in [6.45, 7) is 6.56. The second-order valence-corrected chi connectivity index (χ2v) is 11.3. The molecule has 1 N–H and O–H groups in total. The fraction of sp³-hybridized carbons (Fsp3) is 0.355. The summed E-state index contributed by atoms with van der Waals surface area (Å²) in [7, 11) is 1.89. The number of benzene rings is 2. The zero-order valence-electron chi connectivity index (χ0n) is 23.7.